The summed E-state index contributed by atoms with van der Waals surface area (Å²) in [5, 5.41) is 7.72. The second-order valence-electron chi connectivity index (χ2n) is 14.0. The molecular formula is C52H33NS2. The van der Waals surface area contributed by atoms with Crippen molar-refractivity contribution in [2.45, 2.75) is 0 Å². The van der Waals surface area contributed by atoms with Crippen molar-refractivity contribution in [3.05, 3.63) is 200 Å². The Morgan fingerprint density at radius 3 is 1.76 bits per heavy atom. The maximum Gasteiger partial charge on any atom is 0.0555 e. The lowest BCUT2D eigenvalue weighted by Crippen LogP contribution is -2.11. The Morgan fingerprint density at radius 2 is 0.891 bits per heavy atom. The molecule has 0 spiro atoms. The second kappa shape index (κ2) is 13.1. The van der Waals surface area contributed by atoms with Crippen molar-refractivity contribution in [2.75, 3.05) is 4.90 Å². The van der Waals surface area contributed by atoms with Crippen molar-refractivity contribution >= 4 is 90.9 Å². The van der Waals surface area contributed by atoms with Crippen LogP contribution in [0.5, 0.6) is 0 Å². The molecule has 0 atom stereocenters. The van der Waals surface area contributed by atoms with E-state index in [2.05, 4.69) is 205 Å². The standard InChI is InChI=1S/C52H33NS2/c1-2-17-39-34(13-1)14-10-21-40(39)36-15-9-16-37(33-36)41-18-3-6-24-46(41)53(47-25-12-28-50-51(47)45-20-5-8-27-49(45)54-50)38-31-29-35(30-32-38)42-22-11-23-44-43-19-4-7-26-48(43)55-52(42)44/h1-33H. The molecule has 9 aromatic carbocycles. The normalized spacial score (nSPS) is 11.6. The van der Waals surface area contributed by atoms with E-state index >= 15 is 0 Å². The lowest BCUT2D eigenvalue weighted by molar-refractivity contribution is 1.30. The van der Waals surface area contributed by atoms with Crippen LogP contribution in [0, 0.1) is 0 Å². The highest BCUT2D eigenvalue weighted by atomic mass is 32.1. The lowest BCUT2D eigenvalue weighted by Gasteiger charge is -2.29. The molecule has 0 bridgehead atoms. The quantitative estimate of drug-likeness (QED) is 0.164. The van der Waals surface area contributed by atoms with E-state index in [0.29, 0.717) is 0 Å². The van der Waals surface area contributed by atoms with Crippen molar-refractivity contribution in [1.82, 2.24) is 0 Å². The first-order valence-corrected chi connectivity index (χ1v) is 20.3. The van der Waals surface area contributed by atoms with Gasteiger partial charge in [-0.1, -0.05) is 152 Å². The van der Waals surface area contributed by atoms with E-state index in [4.69, 9.17) is 0 Å². The number of thiophene rings is 2. The van der Waals surface area contributed by atoms with Gasteiger partial charge < -0.3 is 4.90 Å². The van der Waals surface area contributed by atoms with Gasteiger partial charge in [0, 0.05) is 51.6 Å². The molecule has 0 N–H and O–H groups in total. The lowest BCUT2D eigenvalue weighted by atomic mass is 9.94. The van der Waals surface area contributed by atoms with Gasteiger partial charge in [0.1, 0.15) is 0 Å². The van der Waals surface area contributed by atoms with Crippen LogP contribution in [-0.4, -0.2) is 0 Å². The fourth-order valence-corrected chi connectivity index (χ4v) is 10.7. The summed E-state index contributed by atoms with van der Waals surface area (Å²) < 4.78 is 5.24. The summed E-state index contributed by atoms with van der Waals surface area (Å²) in [6, 6.07) is 73.4. The van der Waals surface area contributed by atoms with Gasteiger partial charge in [-0.05, 0) is 87.1 Å². The van der Waals surface area contributed by atoms with Crippen molar-refractivity contribution in [3.63, 3.8) is 0 Å². The van der Waals surface area contributed by atoms with E-state index in [1.165, 1.54) is 90.2 Å². The first-order chi connectivity index (χ1) is 27.3. The highest BCUT2D eigenvalue weighted by molar-refractivity contribution is 7.26. The third-order valence-electron chi connectivity index (χ3n) is 10.9. The molecule has 1 nitrogen and oxygen atoms in total. The monoisotopic (exact) mass is 735 g/mol. The van der Waals surface area contributed by atoms with E-state index in [9.17, 15) is 0 Å². The number of hydrogen-bond acceptors (Lipinski definition) is 3. The minimum atomic E-state index is 1.12. The Kier molecular flexibility index (Phi) is 7.61. The summed E-state index contributed by atoms with van der Waals surface area (Å²) in [5.74, 6) is 0. The van der Waals surface area contributed by atoms with Crippen LogP contribution in [0.2, 0.25) is 0 Å². The van der Waals surface area contributed by atoms with Crippen molar-refractivity contribution in [1.29, 1.82) is 0 Å². The van der Waals surface area contributed by atoms with Crippen LogP contribution >= 0.6 is 22.7 Å². The molecule has 0 amide bonds. The Morgan fingerprint density at radius 1 is 0.327 bits per heavy atom. The summed E-state index contributed by atoms with van der Waals surface area (Å²) in [6.07, 6.45) is 0. The number of fused-ring (bicyclic) bond motifs is 7. The zero-order valence-corrected chi connectivity index (χ0v) is 31.4. The Hall–Kier alpha value is -6.52. The number of nitrogens with zero attached hydrogens (tertiary/aromatic N) is 1. The predicted octanol–water partition coefficient (Wildman–Crippen LogP) is 16.0. The van der Waals surface area contributed by atoms with Crippen molar-refractivity contribution in [3.8, 4) is 33.4 Å². The third kappa shape index (κ3) is 5.35. The summed E-state index contributed by atoms with van der Waals surface area (Å²) in [4.78, 5) is 2.48. The average Bonchev–Trinajstić information content (AvgIpc) is 3.83. The molecule has 0 saturated carbocycles. The average molecular weight is 736 g/mol. The number of hydrogen-bond donors (Lipinski definition) is 0. The molecule has 0 fully saturated rings. The fraction of sp³-hybridized carbons (Fsp3) is 0. The first kappa shape index (κ1) is 32.0. The SMILES string of the molecule is c1cc(-c2ccccc2N(c2ccc(-c3cccc4c3sc3ccccc34)cc2)c2cccc3sc4ccccc4c23)cc(-c2cccc3ccccc23)c1. The smallest absolute Gasteiger partial charge is 0.0555 e. The van der Waals surface area contributed by atoms with Crippen LogP contribution in [0.25, 0.3) is 84.5 Å². The fourth-order valence-electron chi connectivity index (χ4n) is 8.36. The van der Waals surface area contributed by atoms with Crippen LogP contribution in [0.1, 0.15) is 0 Å². The molecule has 2 heterocycles. The van der Waals surface area contributed by atoms with Crippen LogP contribution in [0.15, 0.2) is 200 Å². The van der Waals surface area contributed by atoms with E-state index < -0.39 is 0 Å². The van der Waals surface area contributed by atoms with Gasteiger partial charge >= 0.3 is 0 Å². The molecule has 0 aliphatic carbocycles. The van der Waals surface area contributed by atoms with Crippen molar-refractivity contribution in [2.24, 2.45) is 0 Å². The topological polar surface area (TPSA) is 3.24 Å². The van der Waals surface area contributed by atoms with Crippen LogP contribution in [0.4, 0.5) is 17.1 Å². The number of anilines is 3. The molecule has 0 unspecified atom stereocenters. The Labute approximate surface area is 327 Å². The number of rotatable bonds is 6. The summed E-state index contributed by atoms with van der Waals surface area (Å²) in [6.45, 7) is 0. The third-order valence-corrected chi connectivity index (χ3v) is 13.2. The van der Waals surface area contributed by atoms with Crippen LogP contribution in [0.3, 0.4) is 0 Å². The summed E-state index contributed by atoms with van der Waals surface area (Å²) in [7, 11) is 0. The minimum Gasteiger partial charge on any atom is -0.309 e. The maximum absolute atomic E-state index is 2.48. The largest absolute Gasteiger partial charge is 0.309 e. The van der Waals surface area contributed by atoms with Gasteiger partial charge in [-0.15, -0.1) is 22.7 Å². The Balaban J connectivity index is 1.10. The van der Waals surface area contributed by atoms with Gasteiger partial charge in [0.05, 0.1) is 11.4 Å². The first-order valence-electron chi connectivity index (χ1n) is 18.7. The molecule has 11 rings (SSSR count). The molecule has 0 aliphatic rings. The van der Waals surface area contributed by atoms with Crippen molar-refractivity contribution < 1.29 is 0 Å². The molecule has 0 radical (unpaired) electrons. The van der Waals surface area contributed by atoms with Gasteiger partial charge in [0.2, 0.25) is 0 Å². The Bertz CT molecular complexity index is 3220. The zero-order chi connectivity index (χ0) is 36.3. The zero-order valence-electron chi connectivity index (χ0n) is 29.8. The molecule has 2 aromatic heterocycles. The van der Waals surface area contributed by atoms with Gasteiger partial charge in [-0.3, -0.25) is 0 Å². The van der Waals surface area contributed by atoms with Gasteiger partial charge in [0.25, 0.3) is 0 Å². The predicted molar refractivity (Wildman–Crippen MR) is 241 cm³/mol. The van der Waals surface area contributed by atoms with Gasteiger partial charge in [-0.2, -0.15) is 0 Å². The van der Waals surface area contributed by atoms with E-state index in [-0.39, 0.29) is 0 Å². The van der Waals surface area contributed by atoms with Gasteiger partial charge in [-0.25, -0.2) is 0 Å². The molecule has 0 aliphatic heterocycles. The van der Waals surface area contributed by atoms with Crippen LogP contribution < -0.4 is 4.90 Å². The minimum absolute atomic E-state index is 1.12. The van der Waals surface area contributed by atoms with Crippen LogP contribution in [-0.2, 0) is 0 Å². The summed E-state index contributed by atoms with van der Waals surface area (Å²) in [5.41, 5.74) is 10.7. The highest BCUT2D eigenvalue weighted by Gasteiger charge is 2.22. The highest BCUT2D eigenvalue weighted by Crippen LogP contribution is 2.48. The molecule has 3 heteroatoms. The van der Waals surface area contributed by atoms with E-state index in [1.807, 2.05) is 22.7 Å². The molecule has 0 saturated heterocycles. The molecular weight excluding hydrogens is 703 g/mol. The van der Waals surface area contributed by atoms with E-state index in [0.717, 1.165) is 11.4 Å². The second-order valence-corrected chi connectivity index (χ2v) is 16.2. The van der Waals surface area contributed by atoms with E-state index in [1.54, 1.807) is 0 Å². The maximum atomic E-state index is 2.48. The molecule has 11 aromatic rings. The molecule has 258 valence electrons. The molecule has 55 heavy (non-hydrogen) atoms. The summed E-state index contributed by atoms with van der Waals surface area (Å²) >= 11 is 3.74. The number of benzene rings is 9. The van der Waals surface area contributed by atoms with Gasteiger partial charge in [0.15, 0.2) is 0 Å². The number of para-hydroxylation sites is 1.